The van der Waals surface area contributed by atoms with Crippen LogP contribution in [-0.2, 0) is 4.79 Å². The van der Waals surface area contributed by atoms with Gasteiger partial charge in [0.15, 0.2) is 0 Å². The Morgan fingerprint density at radius 1 is 1.15 bits per heavy atom. The Hall–Kier alpha value is -2.60. The summed E-state index contributed by atoms with van der Waals surface area (Å²) in [5.74, 6) is -0.222. The van der Waals surface area contributed by atoms with E-state index in [1.807, 2.05) is 18.2 Å². The minimum atomic E-state index is -0.787. The molecule has 5 nitrogen and oxygen atoms in total. The van der Waals surface area contributed by atoms with Gasteiger partial charge in [0.05, 0.1) is 31.7 Å². The lowest BCUT2D eigenvalue weighted by Gasteiger charge is -2.38. The van der Waals surface area contributed by atoms with E-state index in [-0.39, 0.29) is 11.9 Å². The van der Waals surface area contributed by atoms with Crippen molar-refractivity contribution in [1.29, 1.82) is 0 Å². The smallest absolute Gasteiger partial charge is 0.307 e. The molecule has 1 aliphatic heterocycles. The van der Waals surface area contributed by atoms with E-state index in [4.69, 9.17) is 9.47 Å². The molecule has 0 bridgehead atoms. The molecule has 0 spiro atoms. The lowest BCUT2D eigenvalue weighted by atomic mass is 9.90. The Morgan fingerprint density at radius 3 is 2.33 bits per heavy atom. The molecule has 6 heteroatoms. The van der Waals surface area contributed by atoms with Crippen LogP contribution in [0.15, 0.2) is 42.5 Å². The number of nitrogens with zero attached hydrogens (tertiary/aromatic N) is 1. The second-order valence-corrected chi connectivity index (χ2v) is 6.70. The highest BCUT2D eigenvalue weighted by Gasteiger charge is 2.34. The Bertz CT molecular complexity index is 771. The topological polar surface area (TPSA) is 59.0 Å². The number of carboxylic acid groups (broad SMARTS) is 1. The summed E-state index contributed by atoms with van der Waals surface area (Å²) in [5, 5.41) is 9.49. The molecule has 2 unspecified atom stereocenters. The van der Waals surface area contributed by atoms with Crippen molar-refractivity contribution in [2.45, 2.75) is 18.9 Å². The van der Waals surface area contributed by atoms with Crippen molar-refractivity contribution < 1.29 is 23.8 Å². The van der Waals surface area contributed by atoms with E-state index in [0.717, 1.165) is 24.1 Å². The molecule has 1 aliphatic rings. The normalized spacial score (nSPS) is 18.7. The summed E-state index contributed by atoms with van der Waals surface area (Å²) in [6.45, 7) is 1.16. The van der Waals surface area contributed by atoms with Crippen LogP contribution < -0.4 is 9.47 Å². The summed E-state index contributed by atoms with van der Waals surface area (Å²) in [6, 6.07) is 11.6. The molecule has 1 heterocycles. The Kier molecular flexibility index (Phi) is 5.96. The highest BCUT2D eigenvalue weighted by molar-refractivity contribution is 5.70. The molecule has 0 radical (unpaired) electrons. The van der Waals surface area contributed by atoms with Gasteiger partial charge in [0.1, 0.15) is 17.3 Å². The van der Waals surface area contributed by atoms with Gasteiger partial charge in [0.2, 0.25) is 0 Å². The minimum absolute atomic E-state index is 0.293. The van der Waals surface area contributed by atoms with Crippen LogP contribution in [0.5, 0.6) is 11.5 Å². The first-order valence-corrected chi connectivity index (χ1v) is 8.98. The largest absolute Gasteiger partial charge is 0.496 e. The molecule has 2 atom stereocenters. The van der Waals surface area contributed by atoms with E-state index < -0.39 is 11.9 Å². The third-order valence-corrected chi connectivity index (χ3v) is 5.09. The number of ether oxygens (including phenoxy) is 2. The standard InChI is InChI=1S/C21H24FNO4/c1-26-17-6-3-7-18(27-2)19(17)20(14-8-10-16(22)11-9-14)23-12-4-5-15(13-23)21(24)25/h3,6-11,15,20H,4-5,12-13H2,1-2H3,(H,24,25). The van der Waals surface area contributed by atoms with E-state index in [1.165, 1.54) is 12.1 Å². The van der Waals surface area contributed by atoms with E-state index in [0.29, 0.717) is 24.5 Å². The number of piperidine rings is 1. The van der Waals surface area contributed by atoms with Crippen LogP contribution in [0.4, 0.5) is 4.39 Å². The Morgan fingerprint density at radius 2 is 1.78 bits per heavy atom. The first-order chi connectivity index (χ1) is 13.0. The number of carbonyl (C=O) groups is 1. The van der Waals surface area contributed by atoms with Gasteiger partial charge < -0.3 is 14.6 Å². The van der Waals surface area contributed by atoms with Gasteiger partial charge >= 0.3 is 5.97 Å². The summed E-state index contributed by atoms with van der Waals surface area (Å²) in [6.07, 6.45) is 1.44. The second kappa shape index (κ2) is 8.39. The zero-order valence-electron chi connectivity index (χ0n) is 15.5. The second-order valence-electron chi connectivity index (χ2n) is 6.70. The maximum Gasteiger partial charge on any atom is 0.307 e. The Labute approximate surface area is 158 Å². The van der Waals surface area contributed by atoms with Gasteiger partial charge in [-0.15, -0.1) is 0 Å². The molecular weight excluding hydrogens is 349 g/mol. The summed E-state index contributed by atoms with van der Waals surface area (Å²) >= 11 is 0. The number of hydrogen-bond acceptors (Lipinski definition) is 4. The molecule has 1 saturated heterocycles. The molecule has 0 aromatic heterocycles. The maximum atomic E-state index is 13.5. The first kappa shape index (κ1) is 19.2. The number of halogens is 1. The molecule has 0 aliphatic carbocycles. The van der Waals surface area contributed by atoms with Crippen molar-refractivity contribution in [3.63, 3.8) is 0 Å². The van der Waals surface area contributed by atoms with Crippen LogP contribution in [0.3, 0.4) is 0 Å². The third kappa shape index (κ3) is 4.06. The van der Waals surface area contributed by atoms with Crippen LogP contribution in [0.2, 0.25) is 0 Å². The average molecular weight is 373 g/mol. The fourth-order valence-electron chi connectivity index (χ4n) is 3.80. The number of likely N-dealkylation sites (tertiary alicyclic amines) is 1. The highest BCUT2D eigenvalue weighted by Crippen LogP contribution is 2.42. The Balaban J connectivity index is 2.11. The van der Waals surface area contributed by atoms with Crippen molar-refractivity contribution >= 4 is 5.97 Å². The van der Waals surface area contributed by atoms with Gasteiger partial charge in [-0.05, 0) is 49.2 Å². The lowest BCUT2D eigenvalue weighted by molar-refractivity contribution is -0.143. The predicted octanol–water partition coefficient (Wildman–Crippen LogP) is 3.73. The van der Waals surface area contributed by atoms with Gasteiger partial charge in [0.25, 0.3) is 0 Å². The summed E-state index contributed by atoms with van der Waals surface area (Å²) < 4.78 is 24.7. The fourth-order valence-corrected chi connectivity index (χ4v) is 3.80. The van der Waals surface area contributed by atoms with Gasteiger partial charge in [-0.2, -0.15) is 0 Å². The number of benzene rings is 2. The molecule has 27 heavy (non-hydrogen) atoms. The van der Waals surface area contributed by atoms with E-state index in [1.54, 1.807) is 26.4 Å². The predicted molar refractivity (Wildman–Crippen MR) is 99.7 cm³/mol. The van der Waals surface area contributed by atoms with Gasteiger partial charge in [-0.25, -0.2) is 4.39 Å². The zero-order valence-corrected chi connectivity index (χ0v) is 15.5. The van der Waals surface area contributed by atoms with Gasteiger partial charge in [-0.1, -0.05) is 18.2 Å². The third-order valence-electron chi connectivity index (χ3n) is 5.09. The molecule has 0 amide bonds. The number of rotatable bonds is 6. The molecule has 2 aromatic carbocycles. The van der Waals surface area contributed by atoms with Crippen LogP contribution in [0.1, 0.15) is 30.0 Å². The number of carboxylic acids is 1. The molecule has 2 aromatic rings. The van der Waals surface area contributed by atoms with Gasteiger partial charge in [-0.3, -0.25) is 9.69 Å². The molecule has 3 rings (SSSR count). The summed E-state index contributed by atoms with van der Waals surface area (Å²) in [5.41, 5.74) is 1.69. The van der Waals surface area contributed by atoms with Crippen LogP contribution in [0.25, 0.3) is 0 Å². The molecular formula is C21H24FNO4. The quantitative estimate of drug-likeness (QED) is 0.836. The van der Waals surface area contributed by atoms with Crippen molar-refractivity contribution in [3.05, 3.63) is 59.4 Å². The average Bonchev–Trinajstić information content (AvgIpc) is 2.70. The number of methoxy groups -OCH3 is 2. The minimum Gasteiger partial charge on any atom is -0.496 e. The van der Waals surface area contributed by atoms with E-state index in [2.05, 4.69) is 4.90 Å². The van der Waals surface area contributed by atoms with Gasteiger partial charge in [0, 0.05) is 6.54 Å². The van der Waals surface area contributed by atoms with Crippen molar-refractivity contribution in [2.24, 2.45) is 5.92 Å². The van der Waals surface area contributed by atoms with Crippen LogP contribution >= 0.6 is 0 Å². The van der Waals surface area contributed by atoms with E-state index in [9.17, 15) is 14.3 Å². The maximum absolute atomic E-state index is 13.5. The number of hydrogen-bond donors (Lipinski definition) is 1. The van der Waals surface area contributed by atoms with E-state index >= 15 is 0 Å². The molecule has 1 N–H and O–H groups in total. The van der Waals surface area contributed by atoms with Crippen molar-refractivity contribution in [3.8, 4) is 11.5 Å². The van der Waals surface area contributed by atoms with Crippen LogP contribution in [-0.4, -0.2) is 43.3 Å². The van der Waals surface area contributed by atoms with Crippen LogP contribution in [0, 0.1) is 11.7 Å². The molecule has 144 valence electrons. The van der Waals surface area contributed by atoms with Crippen molar-refractivity contribution in [2.75, 3.05) is 27.3 Å². The number of aliphatic carboxylic acids is 1. The molecule has 0 saturated carbocycles. The fraction of sp³-hybridized carbons (Fsp3) is 0.381. The lowest BCUT2D eigenvalue weighted by Crippen LogP contribution is -2.41. The SMILES string of the molecule is COc1cccc(OC)c1C(c1ccc(F)cc1)N1CCCC(C(=O)O)C1. The monoisotopic (exact) mass is 373 g/mol. The summed E-state index contributed by atoms with van der Waals surface area (Å²) in [4.78, 5) is 13.7. The molecule has 1 fully saturated rings. The highest BCUT2D eigenvalue weighted by atomic mass is 19.1. The first-order valence-electron chi connectivity index (χ1n) is 8.98. The summed E-state index contributed by atoms with van der Waals surface area (Å²) in [7, 11) is 3.19. The zero-order chi connectivity index (χ0) is 19.4. The van der Waals surface area contributed by atoms with Crippen molar-refractivity contribution in [1.82, 2.24) is 4.90 Å².